The van der Waals surface area contributed by atoms with E-state index in [0.717, 1.165) is 12.0 Å². The third kappa shape index (κ3) is 4.96. The van der Waals surface area contributed by atoms with Gasteiger partial charge < -0.3 is 20.5 Å². The Morgan fingerprint density at radius 1 is 1.31 bits per heavy atom. The Bertz CT molecular complexity index is 1250. The van der Waals surface area contributed by atoms with Gasteiger partial charge in [0.25, 0.3) is 5.91 Å². The normalized spacial score (nSPS) is 18.2. The van der Waals surface area contributed by atoms with E-state index in [1.807, 2.05) is 53.6 Å². The largest absolute Gasteiger partial charge is 0.383 e. The Balaban J connectivity index is 2.19. The highest BCUT2D eigenvalue weighted by Gasteiger charge is 2.39. The molecule has 1 aliphatic rings. The highest BCUT2D eigenvalue weighted by atomic mass is 16.2. The summed E-state index contributed by atoms with van der Waals surface area (Å²) in [6, 6.07) is 9.29. The zero-order chi connectivity index (χ0) is 26.4. The Morgan fingerprint density at radius 2 is 2.00 bits per heavy atom. The lowest BCUT2D eigenvalue weighted by atomic mass is 10.1. The molecule has 3 rings (SSSR count). The van der Waals surface area contributed by atoms with Gasteiger partial charge in [-0.25, -0.2) is 4.99 Å². The maximum Gasteiger partial charge on any atom is 0.255 e. The summed E-state index contributed by atoms with van der Waals surface area (Å²) in [5, 5.41) is 3.07. The first kappa shape index (κ1) is 26.5. The number of nitrogens with zero attached hydrogens (tertiary/aromatic N) is 4. The zero-order valence-corrected chi connectivity index (χ0v) is 21.4. The predicted octanol–water partition coefficient (Wildman–Crippen LogP) is 3.76. The van der Waals surface area contributed by atoms with Gasteiger partial charge in [0, 0.05) is 19.6 Å². The van der Waals surface area contributed by atoms with E-state index in [0.29, 0.717) is 35.6 Å². The van der Waals surface area contributed by atoms with Crippen LogP contribution in [0.1, 0.15) is 72.9 Å². The quantitative estimate of drug-likeness (QED) is 0.257. The zero-order valence-electron chi connectivity index (χ0n) is 21.4. The number of nitrogens with one attached hydrogen (secondary N) is 1. The maximum atomic E-state index is 13.8. The van der Waals surface area contributed by atoms with Crippen molar-refractivity contribution in [2.45, 2.75) is 51.7 Å². The summed E-state index contributed by atoms with van der Waals surface area (Å²) in [4.78, 5) is 36.6. The summed E-state index contributed by atoms with van der Waals surface area (Å²) in [5.74, 6) is 6.16. The molecule has 0 saturated carbocycles. The van der Waals surface area contributed by atoms with Crippen LogP contribution in [0.4, 0.5) is 5.82 Å². The standard InChI is InChI=1S/C28H34N6O2/c1-7-13-22-24(28(36)32-18(4)19-14-11-10-12-15-19)25(26(29)30-5)27(31-6)34(22)21-16-20(8-2)33(17-21)23(35)9-3/h9-12,14-15,18,20-21H,3,6,8,16-17H2,1-2,4-5H3,(H2,29,30)(H,32,36)/t18-,20+,21-/m1/s1. The first-order chi connectivity index (χ1) is 17.3. The Labute approximate surface area is 213 Å². The van der Waals surface area contributed by atoms with E-state index in [-0.39, 0.29) is 35.8 Å². The molecule has 2 amide bonds. The third-order valence-corrected chi connectivity index (χ3v) is 6.63. The highest BCUT2D eigenvalue weighted by molar-refractivity contribution is 6.13. The number of amidine groups is 1. The summed E-state index contributed by atoms with van der Waals surface area (Å²) < 4.78 is 1.90. The van der Waals surface area contributed by atoms with Crippen molar-refractivity contribution in [2.75, 3.05) is 13.6 Å². The number of aromatic nitrogens is 1. The minimum absolute atomic E-state index is 0.0269. The number of carbonyl (C=O) groups is 2. The summed E-state index contributed by atoms with van der Waals surface area (Å²) >= 11 is 0. The summed E-state index contributed by atoms with van der Waals surface area (Å²) in [6.07, 6.45) is 2.79. The van der Waals surface area contributed by atoms with Crippen LogP contribution in [0.3, 0.4) is 0 Å². The van der Waals surface area contributed by atoms with Gasteiger partial charge in [-0.1, -0.05) is 49.8 Å². The molecule has 1 aliphatic heterocycles. The topological polar surface area (TPSA) is 105 Å². The van der Waals surface area contributed by atoms with Gasteiger partial charge in [0.2, 0.25) is 5.91 Å². The third-order valence-electron chi connectivity index (χ3n) is 6.63. The van der Waals surface area contributed by atoms with E-state index >= 15 is 0 Å². The summed E-state index contributed by atoms with van der Waals surface area (Å²) in [6.45, 7) is 13.5. The van der Waals surface area contributed by atoms with Crippen molar-refractivity contribution in [1.82, 2.24) is 14.8 Å². The van der Waals surface area contributed by atoms with Gasteiger partial charge >= 0.3 is 0 Å². The fourth-order valence-electron chi connectivity index (χ4n) is 4.85. The second-order valence-electron chi connectivity index (χ2n) is 8.69. The van der Waals surface area contributed by atoms with E-state index in [4.69, 9.17) is 5.73 Å². The van der Waals surface area contributed by atoms with Gasteiger partial charge in [-0.3, -0.25) is 14.6 Å². The first-order valence-corrected chi connectivity index (χ1v) is 12.0. The van der Waals surface area contributed by atoms with Crippen molar-refractivity contribution in [3.63, 3.8) is 0 Å². The van der Waals surface area contributed by atoms with Crippen LogP contribution in [0.2, 0.25) is 0 Å². The molecule has 1 aromatic heterocycles. The molecule has 188 valence electrons. The van der Waals surface area contributed by atoms with E-state index in [1.54, 1.807) is 14.0 Å². The number of amides is 2. The van der Waals surface area contributed by atoms with Crippen LogP contribution in [0.5, 0.6) is 0 Å². The molecule has 1 saturated heterocycles. The van der Waals surface area contributed by atoms with Crippen molar-refractivity contribution in [2.24, 2.45) is 15.7 Å². The number of nitrogens with two attached hydrogens (primary N) is 1. The van der Waals surface area contributed by atoms with E-state index in [9.17, 15) is 9.59 Å². The van der Waals surface area contributed by atoms with E-state index < -0.39 is 0 Å². The SMILES string of the molecule is C=CC(=O)N1C[C@H](n2c(C#CC)c(C(=O)N[C@H](C)c3ccccc3)c(/C(N)=N\C)c2N=C)C[C@@H]1CC. The molecule has 0 unspecified atom stereocenters. The highest BCUT2D eigenvalue weighted by Crippen LogP contribution is 2.39. The van der Waals surface area contributed by atoms with Gasteiger partial charge in [-0.2, -0.15) is 0 Å². The molecule has 2 heterocycles. The van der Waals surface area contributed by atoms with Gasteiger partial charge in [0.05, 0.1) is 23.2 Å². The van der Waals surface area contributed by atoms with Crippen molar-refractivity contribution in [3.05, 3.63) is 65.4 Å². The molecule has 2 aromatic rings. The minimum Gasteiger partial charge on any atom is -0.383 e. The molecular formula is C28H34N6O2. The van der Waals surface area contributed by atoms with Crippen LogP contribution >= 0.6 is 0 Å². The molecule has 8 nitrogen and oxygen atoms in total. The summed E-state index contributed by atoms with van der Waals surface area (Å²) in [5.41, 5.74) is 8.47. The average molecular weight is 487 g/mol. The first-order valence-electron chi connectivity index (χ1n) is 12.0. The average Bonchev–Trinajstić information content (AvgIpc) is 3.47. The van der Waals surface area contributed by atoms with Crippen molar-refractivity contribution >= 4 is 30.2 Å². The minimum atomic E-state index is -0.335. The van der Waals surface area contributed by atoms with Gasteiger partial charge in [0.15, 0.2) is 0 Å². The van der Waals surface area contributed by atoms with Crippen LogP contribution < -0.4 is 11.1 Å². The van der Waals surface area contributed by atoms with Gasteiger partial charge in [-0.05, 0) is 51.0 Å². The van der Waals surface area contributed by atoms with Gasteiger partial charge in [0.1, 0.15) is 17.3 Å². The molecule has 0 radical (unpaired) electrons. The van der Waals surface area contributed by atoms with Crippen LogP contribution in [0, 0.1) is 11.8 Å². The Kier molecular flexibility index (Phi) is 8.49. The van der Waals surface area contributed by atoms with E-state index in [2.05, 4.69) is 40.4 Å². The number of carbonyl (C=O) groups excluding carboxylic acids is 2. The molecule has 8 heteroatoms. The predicted molar refractivity (Wildman–Crippen MR) is 145 cm³/mol. The number of hydrogen-bond donors (Lipinski definition) is 2. The smallest absolute Gasteiger partial charge is 0.255 e. The maximum absolute atomic E-state index is 13.8. The number of benzene rings is 1. The lowest BCUT2D eigenvalue weighted by Crippen LogP contribution is -2.34. The molecule has 3 N–H and O–H groups in total. The van der Waals surface area contributed by atoms with Crippen LogP contribution in [-0.4, -0.2) is 53.5 Å². The van der Waals surface area contributed by atoms with Gasteiger partial charge in [-0.15, -0.1) is 0 Å². The molecular weight excluding hydrogens is 452 g/mol. The molecule has 1 aromatic carbocycles. The second-order valence-corrected chi connectivity index (χ2v) is 8.69. The molecule has 36 heavy (non-hydrogen) atoms. The molecule has 0 bridgehead atoms. The monoisotopic (exact) mass is 486 g/mol. The molecule has 0 aliphatic carbocycles. The van der Waals surface area contributed by atoms with E-state index in [1.165, 1.54) is 6.08 Å². The lowest BCUT2D eigenvalue weighted by Gasteiger charge is -2.21. The van der Waals surface area contributed by atoms with Crippen LogP contribution in [-0.2, 0) is 4.79 Å². The Hall–Kier alpha value is -4.12. The summed E-state index contributed by atoms with van der Waals surface area (Å²) in [7, 11) is 1.56. The fraction of sp³-hybridized carbons (Fsp3) is 0.357. The number of rotatable bonds is 8. The second kappa shape index (κ2) is 11.5. The number of hydrogen-bond acceptors (Lipinski definition) is 4. The van der Waals surface area contributed by atoms with Crippen molar-refractivity contribution in [3.8, 4) is 11.8 Å². The van der Waals surface area contributed by atoms with Crippen molar-refractivity contribution in [1.29, 1.82) is 0 Å². The fourth-order valence-corrected chi connectivity index (χ4v) is 4.85. The number of aliphatic imine (C=N–C) groups is 2. The van der Waals surface area contributed by atoms with Crippen LogP contribution in [0.15, 0.2) is 53.0 Å². The van der Waals surface area contributed by atoms with Crippen molar-refractivity contribution < 1.29 is 9.59 Å². The van der Waals surface area contributed by atoms with Crippen LogP contribution in [0.25, 0.3) is 0 Å². The molecule has 3 atom stereocenters. The molecule has 0 spiro atoms. The Morgan fingerprint density at radius 3 is 2.56 bits per heavy atom. The number of likely N-dealkylation sites (tertiary alicyclic amines) is 1. The molecule has 1 fully saturated rings. The lowest BCUT2D eigenvalue weighted by molar-refractivity contribution is -0.126.